The van der Waals surface area contributed by atoms with Gasteiger partial charge >= 0.3 is 0 Å². The topological polar surface area (TPSA) is 21.3 Å². The van der Waals surface area contributed by atoms with Crippen molar-refractivity contribution in [3.63, 3.8) is 0 Å². The summed E-state index contributed by atoms with van der Waals surface area (Å²) >= 11 is 0. The Hall–Kier alpha value is -1.80. The van der Waals surface area contributed by atoms with Crippen molar-refractivity contribution in [1.29, 1.82) is 0 Å². The van der Waals surface area contributed by atoms with Crippen molar-refractivity contribution >= 4 is 0 Å². The molecule has 100 valence electrons. The zero-order valence-electron chi connectivity index (χ0n) is 11.5. The van der Waals surface area contributed by atoms with Gasteiger partial charge in [-0.3, -0.25) is 0 Å². The van der Waals surface area contributed by atoms with Gasteiger partial charge in [-0.2, -0.15) is 0 Å². The molecule has 0 amide bonds. The molecule has 2 unspecified atom stereocenters. The molecule has 0 fully saturated rings. The van der Waals surface area contributed by atoms with Gasteiger partial charge in [-0.05, 0) is 31.7 Å². The minimum absolute atomic E-state index is 0.0750. The maximum absolute atomic E-state index is 6.13. The molecular weight excluding hydrogens is 234 g/mol. The fourth-order valence-corrected chi connectivity index (χ4v) is 2.02. The van der Waals surface area contributed by atoms with E-state index in [1.54, 1.807) is 0 Å². The van der Waals surface area contributed by atoms with Crippen LogP contribution >= 0.6 is 0 Å². The third-order valence-electron chi connectivity index (χ3n) is 3.25. The second-order valence-corrected chi connectivity index (χ2v) is 4.76. The lowest BCUT2D eigenvalue weighted by molar-refractivity contribution is 0.182. The van der Waals surface area contributed by atoms with Crippen LogP contribution in [0.5, 0.6) is 5.75 Å². The molecule has 0 aliphatic heterocycles. The van der Waals surface area contributed by atoms with Crippen LogP contribution in [-0.2, 0) is 0 Å². The Bertz CT molecular complexity index is 469. The Morgan fingerprint density at radius 3 is 2.11 bits per heavy atom. The zero-order valence-corrected chi connectivity index (χ0v) is 11.5. The standard InChI is InChI=1S/C17H21NO/c1-14(18-2)13-17(15-9-5-3-6-10-15)19-16-11-7-4-8-12-16/h3-12,14,17-18H,13H2,1-2H3. The van der Waals surface area contributed by atoms with Gasteiger partial charge in [-0.25, -0.2) is 0 Å². The molecule has 2 rings (SSSR count). The Morgan fingerprint density at radius 2 is 1.53 bits per heavy atom. The van der Waals surface area contributed by atoms with E-state index in [9.17, 15) is 0 Å². The smallest absolute Gasteiger partial charge is 0.125 e. The first-order chi connectivity index (χ1) is 9.29. The highest BCUT2D eigenvalue weighted by Crippen LogP contribution is 2.25. The van der Waals surface area contributed by atoms with Crippen LogP contribution in [0.2, 0.25) is 0 Å². The molecule has 0 spiro atoms. The van der Waals surface area contributed by atoms with E-state index in [0.717, 1.165) is 12.2 Å². The number of ether oxygens (including phenoxy) is 1. The maximum Gasteiger partial charge on any atom is 0.125 e. The summed E-state index contributed by atoms with van der Waals surface area (Å²) in [6.07, 6.45) is 1.01. The molecule has 1 N–H and O–H groups in total. The summed E-state index contributed by atoms with van der Waals surface area (Å²) in [6, 6.07) is 20.8. The third kappa shape index (κ3) is 4.11. The van der Waals surface area contributed by atoms with Crippen molar-refractivity contribution in [3.05, 3.63) is 66.2 Å². The number of nitrogens with one attached hydrogen (secondary N) is 1. The van der Waals surface area contributed by atoms with Gasteiger partial charge in [0.1, 0.15) is 11.9 Å². The highest BCUT2D eigenvalue weighted by atomic mass is 16.5. The molecule has 0 bridgehead atoms. The van der Waals surface area contributed by atoms with Crippen molar-refractivity contribution < 1.29 is 4.74 Å². The second-order valence-electron chi connectivity index (χ2n) is 4.76. The first kappa shape index (κ1) is 13.6. The SMILES string of the molecule is CNC(C)CC(Oc1ccccc1)c1ccccc1. The average molecular weight is 255 g/mol. The first-order valence-corrected chi connectivity index (χ1v) is 6.73. The van der Waals surface area contributed by atoms with E-state index in [0.29, 0.717) is 6.04 Å². The number of benzene rings is 2. The third-order valence-corrected chi connectivity index (χ3v) is 3.25. The van der Waals surface area contributed by atoms with Gasteiger partial charge in [0.05, 0.1) is 0 Å². The molecule has 0 radical (unpaired) electrons. The van der Waals surface area contributed by atoms with Gasteiger partial charge in [-0.1, -0.05) is 48.5 Å². The number of hydrogen-bond acceptors (Lipinski definition) is 2. The first-order valence-electron chi connectivity index (χ1n) is 6.73. The minimum Gasteiger partial charge on any atom is -0.486 e. The van der Waals surface area contributed by atoms with Gasteiger partial charge in [0.2, 0.25) is 0 Å². The fraction of sp³-hybridized carbons (Fsp3) is 0.294. The van der Waals surface area contributed by atoms with Crippen LogP contribution < -0.4 is 10.1 Å². The highest BCUT2D eigenvalue weighted by molar-refractivity contribution is 5.24. The summed E-state index contributed by atoms with van der Waals surface area (Å²) in [5.41, 5.74) is 1.22. The maximum atomic E-state index is 6.13. The van der Waals surface area contributed by atoms with Crippen LogP contribution in [-0.4, -0.2) is 13.1 Å². The van der Waals surface area contributed by atoms with Crippen molar-refractivity contribution in [2.24, 2.45) is 0 Å². The number of para-hydroxylation sites is 1. The Morgan fingerprint density at radius 1 is 0.947 bits per heavy atom. The van der Waals surface area contributed by atoms with Crippen LogP contribution in [0.25, 0.3) is 0 Å². The monoisotopic (exact) mass is 255 g/mol. The zero-order chi connectivity index (χ0) is 13.5. The van der Waals surface area contributed by atoms with Gasteiger partial charge in [-0.15, -0.1) is 0 Å². The lowest BCUT2D eigenvalue weighted by atomic mass is 10.0. The van der Waals surface area contributed by atoms with Crippen molar-refractivity contribution in [2.45, 2.75) is 25.5 Å². The fourth-order valence-electron chi connectivity index (χ4n) is 2.02. The van der Waals surface area contributed by atoms with Crippen LogP contribution in [0.3, 0.4) is 0 Å². The summed E-state index contributed by atoms with van der Waals surface area (Å²) in [5, 5.41) is 3.27. The summed E-state index contributed by atoms with van der Waals surface area (Å²) < 4.78 is 6.13. The van der Waals surface area contributed by atoms with Gasteiger partial charge in [0, 0.05) is 12.5 Å². The van der Waals surface area contributed by atoms with E-state index in [1.165, 1.54) is 5.56 Å². The minimum atomic E-state index is 0.0750. The summed E-state index contributed by atoms with van der Waals surface area (Å²) in [7, 11) is 1.98. The molecule has 19 heavy (non-hydrogen) atoms. The van der Waals surface area contributed by atoms with E-state index < -0.39 is 0 Å². The molecule has 0 saturated heterocycles. The molecule has 0 heterocycles. The Kier molecular flexibility index (Phi) is 4.99. The normalized spacial score (nSPS) is 13.8. The van der Waals surface area contributed by atoms with Crippen LogP contribution in [0.1, 0.15) is 25.0 Å². The lowest BCUT2D eigenvalue weighted by Crippen LogP contribution is -2.25. The highest BCUT2D eigenvalue weighted by Gasteiger charge is 2.16. The summed E-state index contributed by atoms with van der Waals surface area (Å²) in [4.78, 5) is 0. The summed E-state index contributed by atoms with van der Waals surface area (Å²) in [5.74, 6) is 0.916. The molecular formula is C17H21NO. The molecule has 2 atom stereocenters. The molecule has 2 nitrogen and oxygen atoms in total. The Balaban J connectivity index is 2.15. The Labute approximate surface area is 115 Å². The molecule has 0 aliphatic rings. The van der Waals surface area contributed by atoms with Gasteiger partial charge in [0.25, 0.3) is 0 Å². The van der Waals surface area contributed by atoms with Crippen molar-refractivity contribution in [2.75, 3.05) is 7.05 Å². The second kappa shape index (κ2) is 6.95. The van der Waals surface area contributed by atoms with Crippen molar-refractivity contribution in [3.8, 4) is 5.75 Å². The van der Waals surface area contributed by atoms with Crippen LogP contribution in [0, 0.1) is 0 Å². The van der Waals surface area contributed by atoms with Gasteiger partial charge in [0.15, 0.2) is 0 Å². The lowest BCUT2D eigenvalue weighted by Gasteiger charge is -2.22. The summed E-state index contributed by atoms with van der Waals surface area (Å²) in [6.45, 7) is 2.17. The van der Waals surface area contributed by atoms with Crippen LogP contribution in [0.4, 0.5) is 0 Å². The van der Waals surface area contributed by atoms with Gasteiger partial charge < -0.3 is 10.1 Å². The van der Waals surface area contributed by atoms with E-state index in [2.05, 4.69) is 36.5 Å². The quantitative estimate of drug-likeness (QED) is 0.847. The molecule has 2 aromatic rings. The van der Waals surface area contributed by atoms with Crippen molar-refractivity contribution in [1.82, 2.24) is 5.32 Å². The molecule has 0 aromatic heterocycles. The van der Waals surface area contributed by atoms with Crippen LogP contribution in [0.15, 0.2) is 60.7 Å². The predicted octanol–water partition coefficient (Wildman–Crippen LogP) is 3.80. The molecule has 2 aromatic carbocycles. The molecule has 2 heteroatoms. The van der Waals surface area contributed by atoms with E-state index in [4.69, 9.17) is 4.74 Å². The van der Waals surface area contributed by atoms with E-state index in [-0.39, 0.29) is 6.10 Å². The average Bonchev–Trinajstić information content (AvgIpc) is 2.48. The van der Waals surface area contributed by atoms with E-state index >= 15 is 0 Å². The predicted molar refractivity (Wildman–Crippen MR) is 79.4 cm³/mol. The largest absolute Gasteiger partial charge is 0.486 e. The molecule has 0 aliphatic carbocycles. The number of rotatable bonds is 6. The number of hydrogen-bond donors (Lipinski definition) is 1. The molecule has 0 saturated carbocycles. The van der Waals surface area contributed by atoms with E-state index in [1.807, 2.05) is 43.4 Å².